The first-order valence-corrected chi connectivity index (χ1v) is 7.10. The molecule has 98 valence electrons. The summed E-state index contributed by atoms with van der Waals surface area (Å²) in [6.07, 6.45) is 2.27. The molecule has 0 heterocycles. The Balaban J connectivity index is 1.87. The first kappa shape index (κ1) is 13.6. The SMILES string of the molecule is C[C@H](C(=O)NC1CC1)N(C)Cc1ccc(Br)cc1. The van der Waals surface area contributed by atoms with E-state index in [0.717, 1.165) is 23.9 Å². The first-order valence-electron chi connectivity index (χ1n) is 6.31. The van der Waals surface area contributed by atoms with Crippen LogP contribution in [0.25, 0.3) is 0 Å². The molecule has 3 nitrogen and oxygen atoms in total. The topological polar surface area (TPSA) is 32.3 Å². The Labute approximate surface area is 117 Å². The van der Waals surface area contributed by atoms with Crippen LogP contribution < -0.4 is 5.32 Å². The average Bonchev–Trinajstić information content (AvgIpc) is 3.15. The maximum atomic E-state index is 11.9. The van der Waals surface area contributed by atoms with Gasteiger partial charge in [-0.25, -0.2) is 0 Å². The smallest absolute Gasteiger partial charge is 0.237 e. The summed E-state index contributed by atoms with van der Waals surface area (Å²) in [5, 5.41) is 3.04. The number of rotatable bonds is 5. The van der Waals surface area contributed by atoms with Crippen LogP contribution in [0.2, 0.25) is 0 Å². The quantitative estimate of drug-likeness (QED) is 0.906. The molecule has 0 aromatic heterocycles. The highest BCUT2D eigenvalue weighted by Gasteiger charge is 2.27. The van der Waals surface area contributed by atoms with Crippen molar-refractivity contribution in [1.82, 2.24) is 10.2 Å². The lowest BCUT2D eigenvalue weighted by Crippen LogP contribution is -2.43. The highest BCUT2D eigenvalue weighted by Crippen LogP contribution is 2.19. The van der Waals surface area contributed by atoms with E-state index in [0.29, 0.717) is 6.04 Å². The minimum atomic E-state index is -0.0887. The molecule has 0 radical (unpaired) electrons. The van der Waals surface area contributed by atoms with Gasteiger partial charge in [0, 0.05) is 17.1 Å². The van der Waals surface area contributed by atoms with Gasteiger partial charge < -0.3 is 5.32 Å². The second kappa shape index (κ2) is 5.85. The zero-order valence-electron chi connectivity index (χ0n) is 10.8. The van der Waals surface area contributed by atoms with Crippen molar-refractivity contribution in [3.63, 3.8) is 0 Å². The number of amides is 1. The summed E-state index contributed by atoms with van der Waals surface area (Å²) in [6.45, 7) is 2.74. The van der Waals surface area contributed by atoms with Crippen molar-refractivity contribution in [3.8, 4) is 0 Å². The molecule has 4 heteroatoms. The van der Waals surface area contributed by atoms with Crippen molar-refractivity contribution in [3.05, 3.63) is 34.3 Å². The van der Waals surface area contributed by atoms with E-state index < -0.39 is 0 Å². The van der Waals surface area contributed by atoms with Crippen LogP contribution in [0.4, 0.5) is 0 Å². The normalized spacial score (nSPS) is 16.7. The number of hydrogen-bond acceptors (Lipinski definition) is 2. The summed E-state index contributed by atoms with van der Waals surface area (Å²) < 4.78 is 1.08. The number of nitrogens with one attached hydrogen (secondary N) is 1. The third kappa shape index (κ3) is 3.82. The van der Waals surface area contributed by atoms with E-state index >= 15 is 0 Å². The van der Waals surface area contributed by atoms with Gasteiger partial charge in [-0.15, -0.1) is 0 Å². The summed E-state index contributed by atoms with van der Waals surface area (Å²) in [4.78, 5) is 14.0. The van der Waals surface area contributed by atoms with Crippen LogP contribution in [0.3, 0.4) is 0 Å². The molecule has 1 amide bonds. The highest BCUT2D eigenvalue weighted by molar-refractivity contribution is 9.10. The van der Waals surface area contributed by atoms with Gasteiger partial charge in [0.05, 0.1) is 6.04 Å². The number of hydrogen-bond donors (Lipinski definition) is 1. The van der Waals surface area contributed by atoms with Crippen molar-refractivity contribution >= 4 is 21.8 Å². The summed E-state index contributed by atoms with van der Waals surface area (Å²) >= 11 is 3.42. The van der Waals surface area contributed by atoms with Gasteiger partial charge >= 0.3 is 0 Å². The fraction of sp³-hybridized carbons (Fsp3) is 0.500. The molecule has 0 spiro atoms. The molecule has 18 heavy (non-hydrogen) atoms. The van der Waals surface area contributed by atoms with E-state index in [1.807, 2.05) is 26.1 Å². The zero-order chi connectivity index (χ0) is 13.1. The number of benzene rings is 1. The van der Waals surface area contributed by atoms with E-state index in [-0.39, 0.29) is 11.9 Å². The number of carbonyl (C=O) groups excluding carboxylic acids is 1. The average molecular weight is 311 g/mol. The Bertz CT molecular complexity index is 414. The van der Waals surface area contributed by atoms with E-state index in [1.54, 1.807) is 0 Å². The van der Waals surface area contributed by atoms with Crippen LogP contribution in [-0.2, 0) is 11.3 Å². The van der Waals surface area contributed by atoms with Crippen LogP contribution in [0.1, 0.15) is 25.3 Å². The Morgan fingerprint density at radius 3 is 2.61 bits per heavy atom. The van der Waals surface area contributed by atoms with E-state index in [9.17, 15) is 4.79 Å². The number of likely N-dealkylation sites (N-methyl/N-ethyl adjacent to an activating group) is 1. The molecule has 0 aliphatic heterocycles. The Morgan fingerprint density at radius 1 is 1.44 bits per heavy atom. The fourth-order valence-corrected chi connectivity index (χ4v) is 2.03. The van der Waals surface area contributed by atoms with E-state index in [4.69, 9.17) is 0 Å². The molecule has 1 aliphatic rings. The van der Waals surface area contributed by atoms with Crippen LogP contribution in [0.5, 0.6) is 0 Å². The first-order chi connectivity index (χ1) is 8.56. The fourth-order valence-electron chi connectivity index (χ4n) is 1.76. The van der Waals surface area contributed by atoms with Crippen LogP contribution in [0, 0.1) is 0 Å². The maximum absolute atomic E-state index is 11.9. The minimum absolute atomic E-state index is 0.0887. The lowest BCUT2D eigenvalue weighted by molar-refractivity contribution is -0.125. The van der Waals surface area contributed by atoms with Gasteiger partial charge in [0.15, 0.2) is 0 Å². The predicted octanol–water partition coefficient (Wildman–Crippen LogP) is 2.55. The van der Waals surface area contributed by atoms with Gasteiger partial charge in [0.25, 0.3) is 0 Å². The lowest BCUT2D eigenvalue weighted by Gasteiger charge is -2.24. The standard InChI is InChI=1S/C14H19BrN2O/c1-10(14(18)16-13-7-8-13)17(2)9-11-3-5-12(15)6-4-11/h3-6,10,13H,7-9H2,1-2H3,(H,16,18)/t10-/m1/s1. The Hall–Kier alpha value is -0.870. The van der Waals surface area contributed by atoms with Gasteiger partial charge in [-0.05, 0) is 44.5 Å². The van der Waals surface area contributed by atoms with Gasteiger partial charge in [-0.2, -0.15) is 0 Å². The largest absolute Gasteiger partial charge is 0.352 e. The zero-order valence-corrected chi connectivity index (χ0v) is 12.4. The monoisotopic (exact) mass is 310 g/mol. The van der Waals surface area contributed by atoms with E-state index in [1.165, 1.54) is 5.56 Å². The summed E-state index contributed by atoms with van der Waals surface area (Å²) in [5.41, 5.74) is 1.21. The second-order valence-corrected chi connectivity index (χ2v) is 5.92. The van der Waals surface area contributed by atoms with Crippen molar-refractivity contribution in [2.24, 2.45) is 0 Å². The number of nitrogens with zero attached hydrogens (tertiary/aromatic N) is 1. The summed E-state index contributed by atoms with van der Waals surface area (Å²) in [7, 11) is 1.99. The van der Waals surface area contributed by atoms with E-state index in [2.05, 4.69) is 38.3 Å². The molecule has 0 bridgehead atoms. The molecule has 2 rings (SSSR count). The number of carbonyl (C=O) groups is 1. The molecule has 1 aromatic carbocycles. The van der Waals surface area contributed by atoms with Crippen molar-refractivity contribution in [2.75, 3.05) is 7.05 Å². The van der Waals surface area contributed by atoms with Gasteiger partial charge in [0.1, 0.15) is 0 Å². The highest BCUT2D eigenvalue weighted by atomic mass is 79.9. The van der Waals surface area contributed by atoms with Crippen molar-refractivity contribution in [1.29, 1.82) is 0 Å². The maximum Gasteiger partial charge on any atom is 0.237 e. The molecule has 0 saturated heterocycles. The molecule has 1 aliphatic carbocycles. The van der Waals surface area contributed by atoms with Gasteiger partial charge in [0.2, 0.25) is 5.91 Å². The van der Waals surface area contributed by atoms with Gasteiger partial charge in [-0.1, -0.05) is 28.1 Å². The molecule has 1 N–H and O–H groups in total. The third-order valence-electron chi connectivity index (χ3n) is 3.31. The summed E-state index contributed by atoms with van der Waals surface area (Å²) in [5.74, 6) is 0.136. The third-order valence-corrected chi connectivity index (χ3v) is 3.84. The molecule has 1 saturated carbocycles. The lowest BCUT2D eigenvalue weighted by atomic mass is 10.2. The summed E-state index contributed by atoms with van der Waals surface area (Å²) in [6, 6.07) is 8.55. The second-order valence-electron chi connectivity index (χ2n) is 5.00. The van der Waals surface area contributed by atoms with Crippen molar-refractivity contribution < 1.29 is 4.79 Å². The molecule has 0 unspecified atom stereocenters. The molecule has 1 atom stereocenters. The molecule has 1 fully saturated rings. The van der Waals surface area contributed by atoms with Crippen LogP contribution in [-0.4, -0.2) is 29.9 Å². The Morgan fingerprint density at radius 2 is 2.06 bits per heavy atom. The predicted molar refractivity (Wildman–Crippen MR) is 76.2 cm³/mol. The number of halogens is 1. The molecular weight excluding hydrogens is 292 g/mol. The van der Waals surface area contributed by atoms with Crippen molar-refractivity contribution in [2.45, 2.75) is 38.4 Å². The van der Waals surface area contributed by atoms with Crippen LogP contribution >= 0.6 is 15.9 Å². The molecular formula is C14H19BrN2O. The van der Waals surface area contributed by atoms with Crippen LogP contribution in [0.15, 0.2) is 28.7 Å². The Kier molecular flexibility index (Phi) is 4.40. The van der Waals surface area contributed by atoms with Gasteiger partial charge in [-0.3, -0.25) is 9.69 Å². The molecule has 1 aromatic rings. The minimum Gasteiger partial charge on any atom is -0.352 e.